The molecular weight excluding hydrogens is 432 g/mol. The van der Waals surface area contributed by atoms with Crippen molar-refractivity contribution in [3.8, 4) is 0 Å². The number of hydrogen-bond acceptors (Lipinski definition) is 5. The van der Waals surface area contributed by atoms with Crippen LogP contribution in [0.1, 0.15) is 11.3 Å². The van der Waals surface area contributed by atoms with Gasteiger partial charge in [-0.3, -0.25) is 4.79 Å². The summed E-state index contributed by atoms with van der Waals surface area (Å²) in [6.45, 7) is 0.636. The van der Waals surface area contributed by atoms with Gasteiger partial charge in [0, 0.05) is 11.2 Å². The number of imidazole rings is 1. The first-order chi connectivity index (χ1) is 15.2. The summed E-state index contributed by atoms with van der Waals surface area (Å²) in [7, 11) is 0. The van der Waals surface area contributed by atoms with E-state index in [1.54, 1.807) is 24.5 Å². The lowest BCUT2D eigenvalue weighted by molar-refractivity contribution is -0.118. The van der Waals surface area contributed by atoms with E-state index in [1.165, 1.54) is 18.0 Å². The first kappa shape index (κ1) is 21.0. The molecule has 0 unspecified atom stereocenters. The number of thioether (sulfide) groups is 1. The number of hydrogen-bond donors (Lipinski definition) is 1. The van der Waals surface area contributed by atoms with E-state index in [9.17, 15) is 4.79 Å². The highest BCUT2D eigenvalue weighted by Gasteiger charge is 2.13. The van der Waals surface area contributed by atoms with Gasteiger partial charge in [0.15, 0.2) is 5.16 Å². The number of carbonyl (C=O) groups is 1. The van der Waals surface area contributed by atoms with Crippen LogP contribution in [0.25, 0.3) is 17.1 Å². The summed E-state index contributed by atoms with van der Waals surface area (Å²) in [5, 5.41) is 5.39. The average Bonchev–Trinajstić information content (AvgIpc) is 3.42. The zero-order valence-corrected chi connectivity index (χ0v) is 18.0. The van der Waals surface area contributed by atoms with Gasteiger partial charge in [0.1, 0.15) is 5.76 Å². The molecule has 31 heavy (non-hydrogen) atoms. The van der Waals surface area contributed by atoms with Gasteiger partial charge in [-0.15, -0.1) is 0 Å². The third kappa shape index (κ3) is 5.65. The van der Waals surface area contributed by atoms with E-state index < -0.39 is 0 Å². The number of rotatable bonds is 8. The van der Waals surface area contributed by atoms with E-state index in [0.29, 0.717) is 17.3 Å². The van der Waals surface area contributed by atoms with Crippen LogP contribution in [0.3, 0.4) is 0 Å². The van der Waals surface area contributed by atoms with Crippen molar-refractivity contribution in [1.82, 2.24) is 15.0 Å². The lowest BCUT2D eigenvalue weighted by Crippen LogP contribution is -2.19. The molecule has 156 valence electrons. The number of aromatic nitrogens is 2. The maximum Gasteiger partial charge on any atom is 0.250 e. The number of hydrazone groups is 1. The fourth-order valence-electron chi connectivity index (χ4n) is 2.93. The molecule has 1 N–H and O–H groups in total. The van der Waals surface area contributed by atoms with Crippen LogP contribution in [0.2, 0.25) is 5.02 Å². The lowest BCUT2D eigenvalue weighted by atomic mass is 10.2. The van der Waals surface area contributed by atoms with Crippen molar-refractivity contribution in [3.05, 3.63) is 89.3 Å². The Morgan fingerprint density at radius 3 is 2.81 bits per heavy atom. The fourth-order valence-corrected chi connectivity index (χ4v) is 3.86. The molecule has 1 amide bonds. The van der Waals surface area contributed by atoms with E-state index in [-0.39, 0.29) is 11.7 Å². The highest BCUT2D eigenvalue weighted by atomic mass is 35.5. The number of furan rings is 1. The standard InChI is InChI=1S/C23H19ClN4O2S/c24-18-11-9-17(10-12-18)15-28-21-8-2-1-7-20(21)26-23(28)31-16-22(29)27-25-13-3-5-19-6-4-14-30-19/h1-14H,15-16H2,(H,27,29)/b5-3+,25-13+. The van der Waals surface area contributed by atoms with Gasteiger partial charge >= 0.3 is 0 Å². The first-order valence-corrected chi connectivity index (χ1v) is 10.9. The SMILES string of the molecule is O=C(CSc1nc2ccccc2n1Cc1ccc(Cl)cc1)N/N=C/C=C/c1ccco1. The Kier molecular flexibility index (Phi) is 6.86. The molecule has 4 rings (SSSR count). The van der Waals surface area contributed by atoms with Crippen molar-refractivity contribution in [2.24, 2.45) is 5.10 Å². The molecule has 8 heteroatoms. The number of benzene rings is 2. The average molecular weight is 451 g/mol. The van der Waals surface area contributed by atoms with Gasteiger partial charge in [0.2, 0.25) is 0 Å². The number of para-hydroxylation sites is 2. The van der Waals surface area contributed by atoms with E-state index in [2.05, 4.69) is 15.1 Å². The Morgan fingerprint density at radius 1 is 1.16 bits per heavy atom. The quantitative estimate of drug-likeness (QED) is 0.226. The van der Waals surface area contributed by atoms with Crippen molar-refractivity contribution in [1.29, 1.82) is 0 Å². The van der Waals surface area contributed by atoms with Crippen LogP contribution >= 0.6 is 23.4 Å². The summed E-state index contributed by atoms with van der Waals surface area (Å²) < 4.78 is 7.28. The summed E-state index contributed by atoms with van der Waals surface area (Å²) in [4.78, 5) is 16.9. The zero-order chi connectivity index (χ0) is 21.5. The summed E-state index contributed by atoms with van der Waals surface area (Å²) in [6.07, 6.45) is 6.54. The van der Waals surface area contributed by atoms with Crippen molar-refractivity contribution in [3.63, 3.8) is 0 Å². The number of halogens is 1. The molecule has 2 aromatic carbocycles. The van der Waals surface area contributed by atoms with Gasteiger partial charge in [-0.2, -0.15) is 5.10 Å². The van der Waals surface area contributed by atoms with Gasteiger partial charge in [-0.05, 0) is 54.1 Å². The summed E-state index contributed by atoms with van der Waals surface area (Å²) in [6, 6.07) is 19.3. The molecular formula is C23H19ClN4O2S. The largest absolute Gasteiger partial charge is 0.465 e. The number of amides is 1. The zero-order valence-electron chi connectivity index (χ0n) is 16.4. The minimum atomic E-state index is -0.210. The number of fused-ring (bicyclic) bond motifs is 1. The van der Waals surface area contributed by atoms with Gasteiger partial charge in [0.25, 0.3) is 5.91 Å². The molecule has 0 spiro atoms. The minimum absolute atomic E-state index is 0.198. The molecule has 6 nitrogen and oxygen atoms in total. The van der Waals surface area contributed by atoms with Crippen LogP contribution in [0.5, 0.6) is 0 Å². The van der Waals surface area contributed by atoms with Gasteiger partial charge in [0.05, 0.1) is 29.6 Å². The summed E-state index contributed by atoms with van der Waals surface area (Å²) in [5.74, 6) is 0.703. The van der Waals surface area contributed by atoms with Gasteiger partial charge < -0.3 is 8.98 Å². The van der Waals surface area contributed by atoms with Gasteiger partial charge in [-0.25, -0.2) is 10.4 Å². The van der Waals surface area contributed by atoms with Crippen LogP contribution < -0.4 is 5.43 Å². The van der Waals surface area contributed by atoms with Crippen LogP contribution in [0, 0.1) is 0 Å². The molecule has 0 bridgehead atoms. The molecule has 0 fully saturated rings. The second kappa shape index (κ2) is 10.1. The predicted octanol–water partition coefficient (Wildman–Crippen LogP) is 5.24. The molecule has 2 aromatic heterocycles. The maximum atomic E-state index is 12.2. The Labute approximate surface area is 188 Å². The topological polar surface area (TPSA) is 72.4 Å². The minimum Gasteiger partial charge on any atom is -0.465 e. The third-order valence-electron chi connectivity index (χ3n) is 4.36. The molecule has 0 atom stereocenters. The van der Waals surface area contributed by atoms with Crippen molar-refractivity contribution < 1.29 is 9.21 Å². The van der Waals surface area contributed by atoms with Crippen LogP contribution in [0.4, 0.5) is 0 Å². The molecule has 0 saturated heterocycles. The van der Waals surface area contributed by atoms with E-state index in [1.807, 2.05) is 54.6 Å². The Hall–Kier alpha value is -3.29. The second-order valence-electron chi connectivity index (χ2n) is 6.57. The monoisotopic (exact) mass is 450 g/mol. The van der Waals surface area contributed by atoms with Crippen LogP contribution in [-0.4, -0.2) is 27.4 Å². The highest BCUT2D eigenvalue weighted by Crippen LogP contribution is 2.25. The molecule has 0 saturated carbocycles. The fraction of sp³-hybridized carbons (Fsp3) is 0.0870. The highest BCUT2D eigenvalue weighted by molar-refractivity contribution is 7.99. The normalized spacial score (nSPS) is 11.6. The Morgan fingerprint density at radius 2 is 2.00 bits per heavy atom. The van der Waals surface area contributed by atoms with Crippen molar-refractivity contribution in [2.75, 3.05) is 5.75 Å². The molecule has 0 aliphatic heterocycles. The second-order valence-corrected chi connectivity index (χ2v) is 7.95. The van der Waals surface area contributed by atoms with Gasteiger partial charge in [-0.1, -0.05) is 47.6 Å². The summed E-state index contributed by atoms with van der Waals surface area (Å²) >= 11 is 7.38. The number of nitrogens with zero attached hydrogens (tertiary/aromatic N) is 3. The van der Waals surface area contributed by atoms with Crippen LogP contribution in [0.15, 0.2) is 87.7 Å². The number of carbonyl (C=O) groups excluding carboxylic acids is 1. The molecule has 0 radical (unpaired) electrons. The number of allylic oxidation sites excluding steroid dienone is 1. The molecule has 4 aromatic rings. The Balaban J connectivity index is 1.40. The summed E-state index contributed by atoms with van der Waals surface area (Å²) in [5.41, 5.74) is 5.53. The van der Waals surface area contributed by atoms with Crippen LogP contribution in [-0.2, 0) is 11.3 Å². The maximum absolute atomic E-state index is 12.2. The van der Waals surface area contributed by atoms with Crippen molar-refractivity contribution in [2.45, 2.75) is 11.7 Å². The third-order valence-corrected chi connectivity index (χ3v) is 5.59. The smallest absolute Gasteiger partial charge is 0.250 e. The van der Waals surface area contributed by atoms with E-state index >= 15 is 0 Å². The van der Waals surface area contributed by atoms with Crippen molar-refractivity contribution >= 4 is 52.6 Å². The van der Waals surface area contributed by atoms with E-state index in [4.69, 9.17) is 21.0 Å². The Bertz CT molecular complexity index is 1210. The van der Waals surface area contributed by atoms with E-state index in [0.717, 1.165) is 21.8 Å². The molecule has 2 heterocycles. The predicted molar refractivity (Wildman–Crippen MR) is 125 cm³/mol. The number of nitrogens with one attached hydrogen (secondary N) is 1. The lowest BCUT2D eigenvalue weighted by Gasteiger charge is -2.09. The molecule has 0 aliphatic carbocycles. The first-order valence-electron chi connectivity index (χ1n) is 9.53. The molecule has 0 aliphatic rings.